The number of hydrogen-bond acceptors (Lipinski definition) is 4. The Balaban J connectivity index is 2.19. The molecular weight excluding hydrogens is 430 g/mol. The molecule has 0 fully saturated rings. The molecule has 0 aliphatic rings. The van der Waals surface area contributed by atoms with Gasteiger partial charge in [0.2, 0.25) is 0 Å². The van der Waals surface area contributed by atoms with Gasteiger partial charge in [-0.1, -0.05) is 38.1 Å². The van der Waals surface area contributed by atoms with Gasteiger partial charge in [-0.15, -0.1) is 0 Å². The van der Waals surface area contributed by atoms with Crippen molar-refractivity contribution >= 4 is 32.0 Å². The number of rotatable bonds is 8. The Labute approximate surface area is 169 Å². The smallest absolute Gasteiger partial charge is 0.306 e. The quantitative estimate of drug-likeness (QED) is 0.552. The maximum atomic E-state index is 13.0. The highest BCUT2D eigenvalue weighted by Crippen LogP contribution is 2.21. The number of benzene rings is 2. The van der Waals surface area contributed by atoms with Crippen LogP contribution in [0.25, 0.3) is 0 Å². The topological polar surface area (TPSA) is 63.7 Å². The number of nitrogens with zero attached hydrogens (tertiary/aromatic N) is 1. The summed E-state index contributed by atoms with van der Waals surface area (Å²) in [5.41, 5.74) is 1.53. The van der Waals surface area contributed by atoms with Crippen molar-refractivity contribution in [3.8, 4) is 5.75 Å². The summed E-state index contributed by atoms with van der Waals surface area (Å²) in [6, 6.07) is 14.1. The zero-order chi connectivity index (χ0) is 20.0. The van der Waals surface area contributed by atoms with E-state index in [1.165, 1.54) is 0 Å². The van der Waals surface area contributed by atoms with Gasteiger partial charge in [-0.05, 0) is 58.1 Å². The lowest BCUT2D eigenvalue weighted by Gasteiger charge is -2.24. The zero-order valence-electron chi connectivity index (χ0n) is 15.7. The number of halogens is 1. The number of carbonyl (C=O) groups is 1. The molecule has 1 amide bonds. The van der Waals surface area contributed by atoms with Crippen LogP contribution in [0.1, 0.15) is 36.2 Å². The van der Waals surface area contributed by atoms with Gasteiger partial charge >= 0.3 is 10.1 Å². The molecule has 27 heavy (non-hydrogen) atoms. The minimum atomic E-state index is -3.56. The van der Waals surface area contributed by atoms with Crippen LogP contribution in [0.4, 0.5) is 0 Å². The van der Waals surface area contributed by atoms with E-state index in [1.807, 2.05) is 23.1 Å². The summed E-state index contributed by atoms with van der Waals surface area (Å²) in [6.45, 7) is 5.32. The predicted molar refractivity (Wildman–Crippen MR) is 110 cm³/mol. The molecule has 2 rings (SSSR count). The van der Waals surface area contributed by atoms with Gasteiger partial charge in [-0.25, -0.2) is 0 Å². The molecule has 2 aromatic rings. The zero-order valence-corrected chi connectivity index (χ0v) is 18.1. The molecule has 0 unspecified atom stereocenters. The van der Waals surface area contributed by atoms with E-state index in [9.17, 15) is 13.2 Å². The van der Waals surface area contributed by atoms with Crippen LogP contribution >= 0.6 is 15.9 Å². The fourth-order valence-corrected chi connectivity index (χ4v) is 3.43. The van der Waals surface area contributed by atoms with Gasteiger partial charge in [0.15, 0.2) is 0 Å². The molecule has 146 valence electrons. The Hall–Kier alpha value is -1.86. The lowest BCUT2D eigenvalue weighted by Crippen LogP contribution is -2.32. The van der Waals surface area contributed by atoms with Crippen molar-refractivity contribution in [1.82, 2.24) is 4.90 Å². The van der Waals surface area contributed by atoms with E-state index < -0.39 is 10.1 Å². The first-order valence-electron chi connectivity index (χ1n) is 8.68. The highest BCUT2D eigenvalue weighted by atomic mass is 79.9. The third-order valence-electron chi connectivity index (χ3n) is 3.91. The molecule has 0 bridgehead atoms. The molecule has 0 aromatic heterocycles. The van der Waals surface area contributed by atoms with Crippen molar-refractivity contribution in [2.24, 2.45) is 5.92 Å². The van der Waals surface area contributed by atoms with Crippen LogP contribution in [0.3, 0.4) is 0 Å². The SMILES string of the molecule is CC(C)CCN(Cc1ccc(OS(C)(=O)=O)cc1)C(=O)c1ccccc1Br. The molecule has 0 aliphatic heterocycles. The summed E-state index contributed by atoms with van der Waals surface area (Å²) in [5, 5.41) is 0. The van der Waals surface area contributed by atoms with Crippen molar-refractivity contribution in [2.45, 2.75) is 26.8 Å². The fourth-order valence-electron chi connectivity index (χ4n) is 2.52. The van der Waals surface area contributed by atoms with Crippen molar-refractivity contribution in [3.63, 3.8) is 0 Å². The van der Waals surface area contributed by atoms with Gasteiger partial charge in [0, 0.05) is 17.6 Å². The summed E-state index contributed by atoms with van der Waals surface area (Å²) in [7, 11) is -3.56. The van der Waals surface area contributed by atoms with Gasteiger partial charge in [0.1, 0.15) is 5.75 Å². The first-order chi connectivity index (χ1) is 12.7. The summed E-state index contributed by atoms with van der Waals surface area (Å²) in [4.78, 5) is 14.8. The summed E-state index contributed by atoms with van der Waals surface area (Å²) < 4.78 is 28.0. The first kappa shape index (κ1) is 21.4. The molecule has 5 nitrogen and oxygen atoms in total. The molecular formula is C20H24BrNO4S. The van der Waals surface area contributed by atoms with E-state index in [1.54, 1.807) is 30.3 Å². The largest absolute Gasteiger partial charge is 0.383 e. The Kier molecular flexibility index (Phi) is 7.44. The average molecular weight is 454 g/mol. The third-order valence-corrected chi connectivity index (χ3v) is 5.10. The van der Waals surface area contributed by atoms with Crippen LogP contribution in [0.2, 0.25) is 0 Å². The van der Waals surface area contributed by atoms with Crippen LogP contribution in [-0.4, -0.2) is 32.0 Å². The van der Waals surface area contributed by atoms with Crippen LogP contribution in [0.5, 0.6) is 5.75 Å². The van der Waals surface area contributed by atoms with Crippen LogP contribution < -0.4 is 4.18 Å². The van der Waals surface area contributed by atoms with Crippen molar-refractivity contribution in [2.75, 3.05) is 12.8 Å². The van der Waals surface area contributed by atoms with Crippen LogP contribution in [0.15, 0.2) is 53.0 Å². The van der Waals surface area contributed by atoms with Crippen LogP contribution in [-0.2, 0) is 16.7 Å². The molecule has 0 N–H and O–H groups in total. The molecule has 2 aromatic carbocycles. The standard InChI is InChI=1S/C20H24BrNO4S/c1-15(2)12-13-22(20(23)18-6-4-5-7-19(18)21)14-16-8-10-17(11-9-16)26-27(3,24)25/h4-11,15H,12-14H2,1-3H3. The maximum Gasteiger partial charge on any atom is 0.306 e. The third kappa shape index (κ3) is 6.99. The molecule has 7 heteroatoms. The Morgan fingerprint density at radius 2 is 1.74 bits per heavy atom. The van der Waals surface area contributed by atoms with E-state index in [0.29, 0.717) is 24.6 Å². The summed E-state index contributed by atoms with van der Waals surface area (Å²) in [5.74, 6) is 0.691. The normalized spacial score (nSPS) is 11.4. The van der Waals surface area contributed by atoms with E-state index >= 15 is 0 Å². The number of amides is 1. The average Bonchev–Trinajstić information content (AvgIpc) is 2.58. The second-order valence-electron chi connectivity index (χ2n) is 6.82. The maximum absolute atomic E-state index is 13.0. The summed E-state index contributed by atoms with van der Waals surface area (Å²) >= 11 is 3.45. The molecule has 0 heterocycles. The van der Waals surface area contributed by atoms with Gasteiger partial charge in [-0.3, -0.25) is 4.79 Å². The summed E-state index contributed by atoms with van der Waals surface area (Å²) in [6.07, 6.45) is 1.90. The van der Waals surface area contributed by atoms with E-state index in [2.05, 4.69) is 29.8 Å². The second-order valence-corrected chi connectivity index (χ2v) is 9.25. The van der Waals surface area contributed by atoms with Gasteiger partial charge in [0.25, 0.3) is 5.91 Å². The molecule has 0 aliphatic carbocycles. The van der Waals surface area contributed by atoms with E-state index in [0.717, 1.165) is 22.7 Å². The van der Waals surface area contributed by atoms with Gasteiger partial charge in [0.05, 0.1) is 11.8 Å². The van der Waals surface area contributed by atoms with Crippen molar-refractivity contribution in [3.05, 3.63) is 64.1 Å². The molecule has 0 saturated heterocycles. The molecule has 0 atom stereocenters. The number of carbonyl (C=O) groups excluding carboxylic acids is 1. The Bertz CT molecular complexity index is 879. The first-order valence-corrected chi connectivity index (χ1v) is 11.3. The van der Waals surface area contributed by atoms with Crippen molar-refractivity contribution in [1.29, 1.82) is 0 Å². The van der Waals surface area contributed by atoms with E-state index in [-0.39, 0.29) is 11.7 Å². The lowest BCUT2D eigenvalue weighted by molar-refractivity contribution is 0.0734. The highest BCUT2D eigenvalue weighted by Gasteiger charge is 2.18. The Morgan fingerprint density at radius 3 is 2.30 bits per heavy atom. The lowest BCUT2D eigenvalue weighted by atomic mass is 10.1. The van der Waals surface area contributed by atoms with Gasteiger partial charge < -0.3 is 9.08 Å². The molecule has 0 saturated carbocycles. The minimum Gasteiger partial charge on any atom is -0.383 e. The highest BCUT2D eigenvalue weighted by molar-refractivity contribution is 9.10. The van der Waals surface area contributed by atoms with Crippen molar-refractivity contribution < 1.29 is 17.4 Å². The second kappa shape index (κ2) is 9.37. The van der Waals surface area contributed by atoms with Crippen LogP contribution in [0, 0.1) is 5.92 Å². The fraction of sp³-hybridized carbons (Fsp3) is 0.350. The monoisotopic (exact) mass is 453 g/mol. The molecule has 0 radical (unpaired) electrons. The van der Waals surface area contributed by atoms with Gasteiger partial charge in [-0.2, -0.15) is 8.42 Å². The van der Waals surface area contributed by atoms with E-state index in [4.69, 9.17) is 4.18 Å². The minimum absolute atomic E-state index is 0.0420. The number of hydrogen-bond donors (Lipinski definition) is 0. The predicted octanol–water partition coefficient (Wildman–Crippen LogP) is 4.48. The Morgan fingerprint density at radius 1 is 1.11 bits per heavy atom. The molecule has 0 spiro atoms.